The number of nitrogens with zero attached hydrogens (tertiary/aromatic N) is 3. The SMILES string of the molecule is CC1=C(C(=O)Nc2ccc(C)cc2C)C(c2ccc(Br)cc2)n2nc(SCc3cccc(C)c3)nc2N1. The van der Waals surface area contributed by atoms with Gasteiger partial charge in [-0.05, 0) is 62.6 Å². The molecule has 0 spiro atoms. The molecule has 5 rings (SSSR count). The molecule has 0 saturated carbocycles. The van der Waals surface area contributed by atoms with Gasteiger partial charge < -0.3 is 10.6 Å². The minimum Gasteiger partial charge on any atom is -0.328 e. The Morgan fingerprint density at radius 1 is 1.03 bits per heavy atom. The molecule has 0 fully saturated rings. The Bertz CT molecular complexity index is 1510. The Morgan fingerprint density at radius 2 is 1.78 bits per heavy atom. The fourth-order valence-corrected chi connectivity index (χ4v) is 5.57. The van der Waals surface area contributed by atoms with Gasteiger partial charge in [0, 0.05) is 21.6 Å². The topological polar surface area (TPSA) is 71.8 Å². The number of thioether (sulfide) groups is 1. The smallest absolute Gasteiger partial charge is 0.255 e. The Kier molecular flexibility index (Phi) is 7.22. The number of nitrogens with one attached hydrogen (secondary N) is 2. The third kappa shape index (κ3) is 5.50. The van der Waals surface area contributed by atoms with Crippen LogP contribution in [0.1, 0.15) is 40.8 Å². The number of hydrogen-bond donors (Lipinski definition) is 2. The molecule has 1 atom stereocenters. The highest BCUT2D eigenvalue weighted by Crippen LogP contribution is 2.37. The van der Waals surface area contributed by atoms with Crippen molar-refractivity contribution in [1.29, 1.82) is 0 Å². The maximum absolute atomic E-state index is 13.7. The largest absolute Gasteiger partial charge is 0.328 e. The monoisotopic (exact) mass is 573 g/mol. The first kappa shape index (κ1) is 25.3. The lowest BCUT2D eigenvalue weighted by Crippen LogP contribution is -2.31. The number of carbonyl (C=O) groups is 1. The van der Waals surface area contributed by atoms with Crippen LogP contribution in [0.15, 0.2) is 87.6 Å². The summed E-state index contributed by atoms with van der Waals surface area (Å²) < 4.78 is 2.80. The van der Waals surface area contributed by atoms with Gasteiger partial charge in [0.25, 0.3) is 5.91 Å². The van der Waals surface area contributed by atoms with Crippen LogP contribution in [0.2, 0.25) is 0 Å². The molecule has 8 heteroatoms. The number of halogens is 1. The summed E-state index contributed by atoms with van der Waals surface area (Å²) in [4.78, 5) is 18.5. The Morgan fingerprint density at radius 3 is 2.51 bits per heavy atom. The molecule has 0 radical (unpaired) electrons. The Hall–Kier alpha value is -3.36. The number of aromatic nitrogens is 3. The molecule has 37 heavy (non-hydrogen) atoms. The predicted molar refractivity (Wildman–Crippen MR) is 154 cm³/mol. The van der Waals surface area contributed by atoms with Gasteiger partial charge in [0.05, 0.1) is 5.57 Å². The van der Waals surface area contributed by atoms with Crippen molar-refractivity contribution in [2.45, 2.75) is 44.6 Å². The molecule has 1 aliphatic heterocycles. The van der Waals surface area contributed by atoms with Gasteiger partial charge in [-0.3, -0.25) is 4.79 Å². The van der Waals surface area contributed by atoms with Crippen molar-refractivity contribution in [2.75, 3.05) is 10.6 Å². The van der Waals surface area contributed by atoms with Crippen LogP contribution in [-0.4, -0.2) is 20.7 Å². The van der Waals surface area contributed by atoms with Crippen LogP contribution < -0.4 is 10.6 Å². The molecular formula is C29H28BrN5OS. The van der Waals surface area contributed by atoms with Gasteiger partial charge in [-0.2, -0.15) is 4.98 Å². The zero-order valence-electron chi connectivity index (χ0n) is 21.2. The summed E-state index contributed by atoms with van der Waals surface area (Å²) in [6.07, 6.45) is 0. The minimum absolute atomic E-state index is 0.167. The van der Waals surface area contributed by atoms with E-state index in [-0.39, 0.29) is 5.91 Å². The van der Waals surface area contributed by atoms with Crippen molar-refractivity contribution in [1.82, 2.24) is 14.8 Å². The highest BCUT2D eigenvalue weighted by atomic mass is 79.9. The maximum Gasteiger partial charge on any atom is 0.255 e. The zero-order chi connectivity index (χ0) is 26.1. The first-order valence-corrected chi connectivity index (χ1v) is 13.8. The molecule has 0 saturated heterocycles. The lowest BCUT2D eigenvalue weighted by molar-refractivity contribution is -0.113. The fraction of sp³-hybridized carbons (Fsp3) is 0.207. The van der Waals surface area contributed by atoms with Gasteiger partial charge in [0.2, 0.25) is 11.1 Å². The number of rotatable bonds is 6. The van der Waals surface area contributed by atoms with Crippen LogP contribution in [-0.2, 0) is 10.5 Å². The van der Waals surface area contributed by atoms with Gasteiger partial charge in [0.1, 0.15) is 6.04 Å². The van der Waals surface area contributed by atoms with Crippen LogP contribution in [0.5, 0.6) is 0 Å². The molecule has 1 amide bonds. The third-order valence-electron chi connectivity index (χ3n) is 6.34. The Balaban J connectivity index is 1.49. The van der Waals surface area contributed by atoms with E-state index in [2.05, 4.69) is 63.8 Å². The van der Waals surface area contributed by atoms with E-state index < -0.39 is 6.04 Å². The summed E-state index contributed by atoms with van der Waals surface area (Å²) in [5.74, 6) is 1.22. The lowest BCUT2D eigenvalue weighted by Gasteiger charge is -2.29. The quantitative estimate of drug-likeness (QED) is 0.239. The molecule has 0 bridgehead atoms. The molecule has 1 unspecified atom stereocenters. The average molecular weight is 575 g/mol. The number of fused-ring (bicyclic) bond motifs is 1. The number of carbonyl (C=O) groups excluding carboxylic acids is 1. The van der Waals surface area contributed by atoms with E-state index in [0.29, 0.717) is 16.7 Å². The van der Waals surface area contributed by atoms with Crippen molar-refractivity contribution >= 4 is 45.2 Å². The standard InChI is InChI=1S/C29H28BrN5OS/c1-17-6-5-7-21(15-17)16-37-29-33-28-31-20(4)25(27(36)32-24-13-8-18(2)14-19(24)3)26(35(28)34-29)22-9-11-23(30)12-10-22/h5-15,26H,16H2,1-4H3,(H,32,36)(H,31,33,34). The molecule has 2 heterocycles. The lowest BCUT2D eigenvalue weighted by atomic mass is 9.95. The fourth-order valence-electron chi connectivity index (χ4n) is 4.53. The van der Waals surface area contributed by atoms with E-state index in [1.807, 2.05) is 61.9 Å². The van der Waals surface area contributed by atoms with Crippen LogP contribution in [0.3, 0.4) is 0 Å². The summed E-state index contributed by atoms with van der Waals surface area (Å²) >= 11 is 5.11. The van der Waals surface area contributed by atoms with Gasteiger partial charge >= 0.3 is 0 Å². The second-order valence-corrected chi connectivity index (χ2v) is 11.2. The second-order valence-electron chi connectivity index (χ2n) is 9.33. The van der Waals surface area contributed by atoms with E-state index in [0.717, 1.165) is 38.3 Å². The average Bonchev–Trinajstić information content (AvgIpc) is 3.26. The maximum atomic E-state index is 13.7. The van der Waals surface area contributed by atoms with E-state index >= 15 is 0 Å². The molecule has 2 N–H and O–H groups in total. The first-order chi connectivity index (χ1) is 17.8. The van der Waals surface area contributed by atoms with Gasteiger partial charge in [-0.25, -0.2) is 4.68 Å². The molecule has 188 valence electrons. The van der Waals surface area contributed by atoms with Gasteiger partial charge in [-0.15, -0.1) is 5.10 Å². The van der Waals surface area contributed by atoms with Crippen LogP contribution in [0, 0.1) is 20.8 Å². The molecule has 3 aromatic carbocycles. The number of hydrogen-bond acceptors (Lipinski definition) is 5. The first-order valence-electron chi connectivity index (χ1n) is 12.1. The normalized spacial score (nSPS) is 14.8. The molecular weight excluding hydrogens is 546 g/mol. The third-order valence-corrected chi connectivity index (χ3v) is 7.78. The summed E-state index contributed by atoms with van der Waals surface area (Å²) in [6, 6.07) is 22.0. The predicted octanol–water partition coefficient (Wildman–Crippen LogP) is 7.19. The molecule has 4 aromatic rings. The van der Waals surface area contributed by atoms with Gasteiger partial charge in [0.15, 0.2) is 0 Å². The van der Waals surface area contributed by atoms with E-state index in [9.17, 15) is 4.79 Å². The molecule has 1 aromatic heterocycles. The van der Waals surface area contributed by atoms with E-state index in [4.69, 9.17) is 10.1 Å². The van der Waals surface area contributed by atoms with Crippen LogP contribution in [0.25, 0.3) is 0 Å². The van der Waals surface area contributed by atoms with Crippen molar-refractivity contribution in [3.63, 3.8) is 0 Å². The van der Waals surface area contributed by atoms with Crippen LogP contribution in [0.4, 0.5) is 11.6 Å². The molecule has 6 nitrogen and oxygen atoms in total. The Labute approximate surface area is 229 Å². The summed E-state index contributed by atoms with van der Waals surface area (Å²) in [6.45, 7) is 8.05. The number of allylic oxidation sites excluding steroid dienone is 1. The summed E-state index contributed by atoms with van der Waals surface area (Å²) in [7, 11) is 0. The highest BCUT2D eigenvalue weighted by molar-refractivity contribution is 9.10. The van der Waals surface area contributed by atoms with E-state index in [1.165, 1.54) is 11.1 Å². The van der Waals surface area contributed by atoms with E-state index in [1.54, 1.807) is 11.8 Å². The number of aryl methyl sites for hydroxylation is 3. The number of anilines is 2. The summed E-state index contributed by atoms with van der Waals surface area (Å²) in [5, 5.41) is 12.0. The molecule has 1 aliphatic rings. The molecule has 0 aliphatic carbocycles. The zero-order valence-corrected chi connectivity index (χ0v) is 23.6. The number of benzene rings is 3. The van der Waals surface area contributed by atoms with Crippen molar-refractivity contribution in [3.8, 4) is 0 Å². The summed E-state index contributed by atoms with van der Waals surface area (Å²) in [5.41, 5.74) is 7.73. The van der Waals surface area contributed by atoms with Gasteiger partial charge in [-0.1, -0.05) is 87.3 Å². The minimum atomic E-state index is -0.420. The van der Waals surface area contributed by atoms with Crippen LogP contribution >= 0.6 is 27.7 Å². The van der Waals surface area contributed by atoms with Crippen molar-refractivity contribution in [3.05, 3.63) is 110 Å². The van der Waals surface area contributed by atoms with Crippen molar-refractivity contribution in [2.24, 2.45) is 0 Å². The second kappa shape index (κ2) is 10.6. The number of amides is 1. The van der Waals surface area contributed by atoms with Crippen molar-refractivity contribution < 1.29 is 4.79 Å². The highest BCUT2D eigenvalue weighted by Gasteiger charge is 2.34.